The third kappa shape index (κ3) is 1.35. The van der Waals surface area contributed by atoms with Gasteiger partial charge in [-0.3, -0.25) is 14.4 Å². The average molecular weight is 159 g/mol. The fourth-order valence-electron chi connectivity index (χ4n) is 1.05. The Labute approximate surface area is 61.4 Å². The molecule has 10 heavy (non-hydrogen) atoms. The fraction of sp³-hybridized carbons (Fsp3) is 1.00. The van der Waals surface area contributed by atoms with E-state index >= 15 is 0 Å². The molecule has 2 saturated heterocycles. The Balaban J connectivity index is 1.85. The standard InChI is InChI=1S/C5H10N3OP/c9-10-6-5(7-1-2-7)8-3-4-8/h5H,1-4H2,(H,6,9). The normalized spacial score (nSPS) is 26.1. The van der Waals surface area contributed by atoms with Gasteiger partial charge in [-0.2, -0.15) is 0 Å². The van der Waals surface area contributed by atoms with E-state index in [0.717, 1.165) is 26.2 Å². The van der Waals surface area contributed by atoms with Gasteiger partial charge in [0.2, 0.25) is 8.61 Å². The van der Waals surface area contributed by atoms with Crippen molar-refractivity contribution in [1.82, 2.24) is 14.9 Å². The van der Waals surface area contributed by atoms with E-state index in [2.05, 4.69) is 14.9 Å². The Kier molecular flexibility index (Phi) is 1.70. The fourth-order valence-corrected chi connectivity index (χ4v) is 1.47. The lowest BCUT2D eigenvalue weighted by Gasteiger charge is -2.15. The van der Waals surface area contributed by atoms with Crippen molar-refractivity contribution in [2.45, 2.75) is 6.29 Å². The van der Waals surface area contributed by atoms with Crippen molar-refractivity contribution < 1.29 is 4.57 Å². The first kappa shape index (κ1) is 6.68. The zero-order valence-electron chi connectivity index (χ0n) is 5.66. The summed E-state index contributed by atoms with van der Waals surface area (Å²) in [7, 11) is 0.0417. The van der Waals surface area contributed by atoms with Crippen LogP contribution >= 0.6 is 8.61 Å². The van der Waals surface area contributed by atoms with Crippen molar-refractivity contribution >= 4 is 8.61 Å². The molecule has 0 unspecified atom stereocenters. The third-order valence-electron chi connectivity index (χ3n) is 1.82. The summed E-state index contributed by atoms with van der Waals surface area (Å²) in [5, 5.41) is 2.88. The summed E-state index contributed by atoms with van der Waals surface area (Å²) in [5.74, 6) is 0. The van der Waals surface area contributed by atoms with E-state index in [4.69, 9.17) is 0 Å². The van der Waals surface area contributed by atoms with Crippen LogP contribution in [-0.2, 0) is 4.57 Å². The van der Waals surface area contributed by atoms with Gasteiger partial charge in [0.05, 0.1) is 0 Å². The second-order valence-corrected chi connectivity index (χ2v) is 3.11. The van der Waals surface area contributed by atoms with Gasteiger partial charge in [0.1, 0.15) is 6.29 Å². The highest BCUT2D eigenvalue weighted by atomic mass is 31.1. The van der Waals surface area contributed by atoms with Crippen LogP contribution in [0.5, 0.6) is 0 Å². The highest BCUT2D eigenvalue weighted by Crippen LogP contribution is 2.19. The van der Waals surface area contributed by atoms with Gasteiger partial charge >= 0.3 is 0 Å². The van der Waals surface area contributed by atoms with Crippen LogP contribution in [-0.4, -0.2) is 42.3 Å². The van der Waals surface area contributed by atoms with E-state index in [1.165, 1.54) is 0 Å². The van der Waals surface area contributed by atoms with Crippen LogP contribution in [0, 0.1) is 0 Å². The predicted octanol–water partition coefficient (Wildman–Crippen LogP) is -0.302. The van der Waals surface area contributed by atoms with Crippen LogP contribution in [0.1, 0.15) is 0 Å². The van der Waals surface area contributed by atoms with E-state index in [1.54, 1.807) is 0 Å². The molecule has 0 aromatic carbocycles. The van der Waals surface area contributed by atoms with Gasteiger partial charge in [-0.1, -0.05) is 0 Å². The van der Waals surface area contributed by atoms with Crippen LogP contribution in [0.25, 0.3) is 0 Å². The molecule has 5 heteroatoms. The Morgan fingerprint density at radius 1 is 1.20 bits per heavy atom. The van der Waals surface area contributed by atoms with Crippen molar-refractivity contribution in [1.29, 1.82) is 0 Å². The third-order valence-corrected chi connectivity index (χ3v) is 2.16. The molecule has 0 bridgehead atoms. The van der Waals surface area contributed by atoms with Crippen LogP contribution < -0.4 is 5.09 Å². The molecule has 2 aliphatic heterocycles. The van der Waals surface area contributed by atoms with Crippen molar-refractivity contribution in [3.05, 3.63) is 0 Å². The molecule has 2 heterocycles. The second kappa shape index (κ2) is 2.55. The first-order valence-corrected chi connectivity index (χ1v) is 4.29. The smallest absolute Gasteiger partial charge is 0.248 e. The predicted molar refractivity (Wildman–Crippen MR) is 37.7 cm³/mol. The van der Waals surface area contributed by atoms with Crippen LogP contribution in [0.15, 0.2) is 0 Å². The number of nitrogens with one attached hydrogen (secondary N) is 1. The van der Waals surface area contributed by atoms with E-state index in [0.29, 0.717) is 0 Å². The van der Waals surface area contributed by atoms with E-state index in [9.17, 15) is 4.57 Å². The molecule has 0 atom stereocenters. The second-order valence-electron chi connectivity index (χ2n) is 2.67. The minimum atomic E-state index is 0.0417. The molecule has 0 aromatic heterocycles. The summed E-state index contributed by atoms with van der Waals surface area (Å²) in [6, 6.07) is 0. The quantitative estimate of drug-likeness (QED) is 0.451. The maximum Gasteiger partial charge on any atom is 0.248 e. The van der Waals surface area contributed by atoms with Gasteiger partial charge in [0, 0.05) is 26.2 Å². The molecule has 0 amide bonds. The number of nitrogens with zero attached hydrogens (tertiary/aromatic N) is 2. The van der Waals surface area contributed by atoms with Gasteiger partial charge in [0.25, 0.3) is 0 Å². The Morgan fingerprint density at radius 2 is 1.70 bits per heavy atom. The largest absolute Gasteiger partial charge is 0.273 e. The van der Waals surface area contributed by atoms with E-state index < -0.39 is 0 Å². The first-order chi connectivity index (χ1) is 4.92. The van der Waals surface area contributed by atoms with E-state index in [1.807, 2.05) is 0 Å². The van der Waals surface area contributed by atoms with E-state index in [-0.39, 0.29) is 14.9 Å². The zero-order valence-corrected chi connectivity index (χ0v) is 6.55. The molecule has 0 spiro atoms. The van der Waals surface area contributed by atoms with Crippen molar-refractivity contribution in [3.63, 3.8) is 0 Å². The maximum absolute atomic E-state index is 10.2. The molecule has 0 radical (unpaired) electrons. The molecule has 2 rings (SSSR count). The summed E-state index contributed by atoms with van der Waals surface area (Å²) >= 11 is 0. The SMILES string of the molecule is O=PNC(N1CC1)N1CC1. The molecule has 0 aromatic rings. The van der Waals surface area contributed by atoms with Crippen molar-refractivity contribution in [2.24, 2.45) is 0 Å². The number of hydrogen-bond acceptors (Lipinski definition) is 3. The average Bonchev–Trinajstić information content (AvgIpc) is 2.77. The summed E-state index contributed by atoms with van der Waals surface area (Å²) in [4.78, 5) is 4.50. The molecule has 0 aliphatic carbocycles. The van der Waals surface area contributed by atoms with Crippen LogP contribution in [0.3, 0.4) is 0 Å². The summed E-state index contributed by atoms with van der Waals surface area (Å²) in [5.41, 5.74) is 0. The highest BCUT2D eigenvalue weighted by molar-refractivity contribution is 7.21. The zero-order chi connectivity index (χ0) is 6.97. The van der Waals surface area contributed by atoms with Gasteiger partial charge in [-0.15, -0.1) is 0 Å². The summed E-state index contributed by atoms with van der Waals surface area (Å²) in [6.07, 6.45) is 0.249. The minimum Gasteiger partial charge on any atom is -0.273 e. The molecular formula is C5H10N3OP. The Hall–Kier alpha value is -0.0200. The van der Waals surface area contributed by atoms with Crippen molar-refractivity contribution in [3.8, 4) is 0 Å². The number of hydrogen-bond donors (Lipinski definition) is 1. The lowest BCUT2D eigenvalue weighted by molar-refractivity contribution is 0.235. The molecule has 2 aliphatic rings. The lowest BCUT2D eigenvalue weighted by Crippen LogP contribution is -2.37. The monoisotopic (exact) mass is 159 g/mol. The van der Waals surface area contributed by atoms with Gasteiger partial charge in [-0.05, 0) is 0 Å². The topological polar surface area (TPSA) is 35.1 Å². The Bertz CT molecular complexity index is 134. The van der Waals surface area contributed by atoms with Gasteiger partial charge in [0.15, 0.2) is 0 Å². The van der Waals surface area contributed by atoms with Gasteiger partial charge in [-0.25, -0.2) is 5.09 Å². The van der Waals surface area contributed by atoms with Crippen LogP contribution in [0.2, 0.25) is 0 Å². The lowest BCUT2D eigenvalue weighted by atomic mass is 10.8. The minimum absolute atomic E-state index is 0.0417. The highest BCUT2D eigenvalue weighted by Gasteiger charge is 2.36. The van der Waals surface area contributed by atoms with Crippen molar-refractivity contribution in [2.75, 3.05) is 26.2 Å². The molecule has 1 N–H and O–H groups in total. The summed E-state index contributed by atoms with van der Waals surface area (Å²) in [6.45, 7) is 4.57. The molecule has 56 valence electrons. The van der Waals surface area contributed by atoms with Crippen LogP contribution in [0.4, 0.5) is 0 Å². The molecule has 2 fully saturated rings. The molecule has 0 saturated carbocycles. The number of rotatable bonds is 4. The molecule has 4 nitrogen and oxygen atoms in total. The Morgan fingerprint density at radius 3 is 2.00 bits per heavy atom. The summed E-state index contributed by atoms with van der Waals surface area (Å²) < 4.78 is 10.2. The molecular weight excluding hydrogens is 149 g/mol. The first-order valence-electron chi connectivity index (χ1n) is 3.48. The maximum atomic E-state index is 10.2. The van der Waals surface area contributed by atoms with Gasteiger partial charge < -0.3 is 0 Å².